The van der Waals surface area contributed by atoms with Crippen molar-refractivity contribution in [2.75, 3.05) is 7.11 Å². The first-order valence-corrected chi connectivity index (χ1v) is 4.59. The lowest BCUT2D eigenvalue weighted by molar-refractivity contribution is 0.321. The zero-order chi connectivity index (χ0) is 10.7. The maximum Gasteiger partial charge on any atom is 0.128 e. The monoisotopic (exact) mass is 201 g/mol. The highest BCUT2D eigenvalue weighted by molar-refractivity contribution is 5.93. The van der Waals surface area contributed by atoms with Crippen molar-refractivity contribution < 1.29 is 9.94 Å². The molecule has 3 nitrogen and oxygen atoms in total. The van der Waals surface area contributed by atoms with Gasteiger partial charge < -0.3 is 9.94 Å². The number of nitrogens with zero attached hydrogens (tertiary/aromatic N) is 1. The van der Waals surface area contributed by atoms with Gasteiger partial charge in [0, 0.05) is 5.56 Å². The third kappa shape index (κ3) is 1.76. The maximum absolute atomic E-state index is 8.53. The van der Waals surface area contributed by atoms with Crippen LogP contribution >= 0.6 is 0 Å². The van der Waals surface area contributed by atoms with E-state index in [1.807, 2.05) is 36.4 Å². The average Bonchev–Trinajstić information content (AvgIpc) is 2.28. The van der Waals surface area contributed by atoms with E-state index in [1.54, 1.807) is 7.11 Å². The van der Waals surface area contributed by atoms with Gasteiger partial charge in [0.1, 0.15) is 5.75 Å². The van der Waals surface area contributed by atoms with Crippen LogP contribution in [0.1, 0.15) is 5.56 Å². The molecule has 0 saturated heterocycles. The van der Waals surface area contributed by atoms with Crippen molar-refractivity contribution in [2.45, 2.75) is 0 Å². The zero-order valence-corrected chi connectivity index (χ0v) is 8.34. The molecule has 0 unspecified atom stereocenters. The van der Waals surface area contributed by atoms with Gasteiger partial charge in [-0.15, -0.1) is 0 Å². The second-order valence-corrected chi connectivity index (χ2v) is 3.19. The van der Waals surface area contributed by atoms with Gasteiger partial charge in [0.2, 0.25) is 0 Å². The van der Waals surface area contributed by atoms with E-state index in [2.05, 4.69) is 5.16 Å². The quantitative estimate of drug-likeness (QED) is 0.461. The lowest BCUT2D eigenvalue weighted by Gasteiger charge is -2.06. The van der Waals surface area contributed by atoms with Crippen molar-refractivity contribution in [3.05, 3.63) is 42.0 Å². The van der Waals surface area contributed by atoms with Crippen molar-refractivity contribution in [2.24, 2.45) is 5.16 Å². The maximum atomic E-state index is 8.53. The molecule has 76 valence electrons. The first kappa shape index (κ1) is 9.52. The standard InChI is InChI=1S/C12H11NO2/c1-15-12-7-10-5-3-2-4-9(10)6-11(12)8-13-14/h2-8,14H,1H3/b13-8+. The first-order valence-electron chi connectivity index (χ1n) is 4.59. The fraction of sp³-hybridized carbons (Fsp3) is 0.0833. The van der Waals surface area contributed by atoms with Gasteiger partial charge in [0.15, 0.2) is 0 Å². The normalized spacial score (nSPS) is 11.0. The molecule has 3 heteroatoms. The van der Waals surface area contributed by atoms with E-state index in [4.69, 9.17) is 9.94 Å². The van der Waals surface area contributed by atoms with Crippen LogP contribution in [0.15, 0.2) is 41.6 Å². The molecule has 0 spiro atoms. The van der Waals surface area contributed by atoms with E-state index in [0.29, 0.717) is 5.75 Å². The molecule has 0 aromatic heterocycles. The Morgan fingerprint density at radius 3 is 2.47 bits per heavy atom. The summed E-state index contributed by atoms with van der Waals surface area (Å²) in [6.45, 7) is 0. The Balaban J connectivity index is 2.69. The fourth-order valence-corrected chi connectivity index (χ4v) is 1.58. The number of oxime groups is 1. The Bertz CT molecular complexity index is 506. The number of hydrogen-bond acceptors (Lipinski definition) is 3. The smallest absolute Gasteiger partial charge is 0.128 e. The summed E-state index contributed by atoms with van der Waals surface area (Å²) in [5.74, 6) is 0.700. The lowest BCUT2D eigenvalue weighted by Crippen LogP contribution is -1.91. The summed E-state index contributed by atoms with van der Waals surface area (Å²) in [7, 11) is 1.60. The minimum absolute atomic E-state index is 0.700. The van der Waals surface area contributed by atoms with Crippen molar-refractivity contribution in [3.63, 3.8) is 0 Å². The van der Waals surface area contributed by atoms with Gasteiger partial charge in [-0.3, -0.25) is 0 Å². The average molecular weight is 201 g/mol. The Morgan fingerprint density at radius 2 is 1.87 bits per heavy atom. The molecule has 1 N–H and O–H groups in total. The Hall–Kier alpha value is -2.03. The predicted molar refractivity (Wildman–Crippen MR) is 59.9 cm³/mol. The molecular formula is C12H11NO2. The van der Waals surface area contributed by atoms with E-state index in [9.17, 15) is 0 Å². The van der Waals surface area contributed by atoms with Crippen molar-refractivity contribution in [1.82, 2.24) is 0 Å². The summed E-state index contributed by atoms with van der Waals surface area (Å²) in [5.41, 5.74) is 0.763. The second-order valence-electron chi connectivity index (χ2n) is 3.19. The molecule has 0 atom stereocenters. The molecular weight excluding hydrogens is 190 g/mol. The summed E-state index contributed by atoms with van der Waals surface area (Å²) >= 11 is 0. The zero-order valence-electron chi connectivity index (χ0n) is 8.34. The van der Waals surface area contributed by atoms with Gasteiger partial charge in [-0.1, -0.05) is 29.4 Å². The number of fused-ring (bicyclic) bond motifs is 1. The molecule has 15 heavy (non-hydrogen) atoms. The fourth-order valence-electron chi connectivity index (χ4n) is 1.58. The second kappa shape index (κ2) is 4.00. The molecule has 0 radical (unpaired) electrons. The molecule has 0 saturated carbocycles. The van der Waals surface area contributed by atoms with Crippen LogP contribution in [0.3, 0.4) is 0 Å². The number of rotatable bonds is 2. The third-order valence-electron chi connectivity index (χ3n) is 2.29. The van der Waals surface area contributed by atoms with Crippen LogP contribution < -0.4 is 4.74 Å². The molecule has 0 aliphatic heterocycles. The Morgan fingerprint density at radius 1 is 1.20 bits per heavy atom. The number of hydrogen-bond donors (Lipinski definition) is 1. The molecule has 0 aliphatic rings. The summed E-state index contributed by atoms with van der Waals surface area (Å²) in [6.07, 6.45) is 1.37. The van der Waals surface area contributed by atoms with Crippen LogP contribution in [0.5, 0.6) is 5.75 Å². The van der Waals surface area contributed by atoms with Gasteiger partial charge >= 0.3 is 0 Å². The highest BCUT2D eigenvalue weighted by Crippen LogP contribution is 2.24. The largest absolute Gasteiger partial charge is 0.496 e. The van der Waals surface area contributed by atoms with Gasteiger partial charge in [-0.05, 0) is 22.9 Å². The van der Waals surface area contributed by atoms with Crippen LogP contribution in [-0.4, -0.2) is 18.5 Å². The topological polar surface area (TPSA) is 41.8 Å². The van der Waals surface area contributed by atoms with Crippen LogP contribution in [0.2, 0.25) is 0 Å². The minimum atomic E-state index is 0.700. The van der Waals surface area contributed by atoms with E-state index in [0.717, 1.165) is 16.3 Å². The van der Waals surface area contributed by atoms with E-state index >= 15 is 0 Å². The summed E-state index contributed by atoms with van der Waals surface area (Å²) in [6, 6.07) is 11.8. The summed E-state index contributed by atoms with van der Waals surface area (Å²) in [5, 5.41) is 13.7. The number of ether oxygens (including phenoxy) is 1. The molecule has 0 fully saturated rings. The summed E-state index contributed by atoms with van der Waals surface area (Å²) in [4.78, 5) is 0. The predicted octanol–water partition coefficient (Wildman–Crippen LogP) is 2.66. The molecule has 0 amide bonds. The van der Waals surface area contributed by atoms with Gasteiger partial charge in [-0.2, -0.15) is 0 Å². The first-order chi connectivity index (χ1) is 7.35. The van der Waals surface area contributed by atoms with Crippen LogP contribution in [0.25, 0.3) is 10.8 Å². The summed E-state index contributed by atoms with van der Waals surface area (Å²) < 4.78 is 5.20. The molecule has 0 heterocycles. The van der Waals surface area contributed by atoms with Crippen molar-refractivity contribution in [3.8, 4) is 5.75 Å². The molecule has 2 rings (SSSR count). The van der Waals surface area contributed by atoms with Gasteiger partial charge in [0.25, 0.3) is 0 Å². The molecule has 2 aromatic rings. The Kier molecular flexibility index (Phi) is 2.54. The molecule has 0 bridgehead atoms. The van der Waals surface area contributed by atoms with Gasteiger partial charge in [-0.25, -0.2) is 0 Å². The van der Waals surface area contributed by atoms with Crippen molar-refractivity contribution in [1.29, 1.82) is 0 Å². The number of methoxy groups -OCH3 is 1. The lowest BCUT2D eigenvalue weighted by atomic mass is 10.1. The van der Waals surface area contributed by atoms with Crippen molar-refractivity contribution >= 4 is 17.0 Å². The molecule has 2 aromatic carbocycles. The number of benzene rings is 2. The van der Waals surface area contributed by atoms with Gasteiger partial charge in [0.05, 0.1) is 13.3 Å². The van der Waals surface area contributed by atoms with E-state index in [-0.39, 0.29) is 0 Å². The van der Waals surface area contributed by atoms with Crippen LogP contribution in [-0.2, 0) is 0 Å². The SMILES string of the molecule is COc1cc2ccccc2cc1/C=N/O. The molecule has 0 aliphatic carbocycles. The van der Waals surface area contributed by atoms with Crippen LogP contribution in [0, 0.1) is 0 Å². The van der Waals surface area contributed by atoms with Crippen LogP contribution in [0.4, 0.5) is 0 Å². The third-order valence-corrected chi connectivity index (χ3v) is 2.29. The highest BCUT2D eigenvalue weighted by Gasteiger charge is 2.02. The van der Waals surface area contributed by atoms with E-state index in [1.165, 1.54) is 6.21 Å². The highest BCUT2D eigenvalue weighted by atomic mass is 16.5. The minimum Gasteiger partial charge on any atom is -0.496 e. The Labute approximate surface area is 87.6 Å². The van der Waals surface area contributed by atoms with E-state index < -0.39 is 0 Å².